The van der Waals surface area contributed by atoms with Crippen LogP contribution in [0, 0.1) is 11.8 Å². The minimum Gasteiger partial charge on any atom is -0.466 e. The molecule has 0 aromatic carbocycles. The first-order valence-corrected chi connectivity index (χ1v) is 6.75. The van der Waals surface area contributed by atoms with Crippen LogP contribution in [0.2, 0.25) is 0 Å². The molecule has 1 rings (SSSR count). The summed E-state index contributed by atoms with van der Waals surface area (Å²) in [5.74, 6) is 1.27. The van der Waals surface area contributed by atoms with Gasteiger partial charge in [-0.05, 0) is 52.1 Å². The predicted octanol–water partition coefficient (Wildman–Crippen LogP) is 2.70. The van der Waals surface area contributed by atoms with Crippen LogP contribution in [0.5, 0.6) is 0 Å². The van der Waals surface area contributed by atoms with E-state index in [1.807, 2.05) is 6.92 Å². The summed E-state index contributed by atoms with van der Waals surface area (Å²) in [6.45, 7) is 6.93. The van der Waals surface area contributed by atoms with Gasteiger partial charge < -0.3 is 9.64 Å². The highest BCUT2D eigenvalue weighted by molar-refractivity contribution is 5.71. The first-order chi connectivity index (χ1) is 7.92. The van der Waals surface area contributed by atoms with E-state index >= 15 is 0 Å². The average molecular weight is 241 g/mol. The van der Waals surface area contributed by atoms with E-state index in [-0.39, 0.29) is 11.5 Å². The van der Waals surface area contributed by atoms with Gasteiger partial charge in [-0.1, -0.05) is 13.8 Å². The molecule has 0 N–H and O–H groups in total. The molecule has 17 heavy (non-hydrogen) atoms. The number of hydrogen-bond donors (Lipinski definition) is 0. The topological polar surface area (TPSA) is 29.5 Å². The van der Waals surface area contributed by atoms with Gasteiger partial charge in [0.25, 0.3) is 0 Å². The Morgan fingerprint density at radius 1 is 1.41 bits per heavy atom. The van der Waals surface area contributed by atoms with E-state index in [0.717, 1.165) is 12.3 Å². The summed E-state index contributed by atoms with van der Waals surface area (Å²) in [6.07, 6.45) is 4.04. The molecule has 3 nitrogen and oxygen atoms in total. The van der Waals surface area contributed by atoms with Gasteiger partial charge in [0.05, 0.1) is 13.0 Å². The van der Waals surface area contributed by atoms with Gasteiger partial charge in [-0.3, -0.25) is 4.79 Å². The van der Waals surface area contributed by atoms with Gasteiger partial charge in [0.2, 0.25) is 0 Å². The standard InChI is InChI=1S/C14H27NO2/c1-6-17-13(16)10-14(15(4)5)8-7-11(2)9-12(14)3/h11-12H,6-10H2,1-5H3. The Morgan fingerprint density at radius 3 is 2.53 bits per heavy atom. The molecule has 0 heterocycles. The molecule has 0 aromatic rings. The second kappa shape index (κ2) is 5.85. The summed E-state index contributed by atoms with van der Waals surface area (Å²) in [6, 6.07) is 0. The molecule has 1 aliphatic rings. The Hall–Kier alpha value is -0.570. The zero-order valence-electron chi connectivity index (χ0n) is 12.0. The third-order valence-corrected chi connectivity index (χ3v) is 4.39. The highest BCUT2D eigenvalue weighted by Gasteiger charge is 2.43. The molecule has 100 valence electrons. The Balaban J connectivity index is 2.78. The molecule has 3 heteroatoms. The Labute approximate surface area is 106 Å². The van der Waals surface area contributed by atoms with Crippen molar-refractivity contribution in [2.45, 2.75) is 52.0 Å². The fourth-order valence-electron chi connectivity index (χ4n) is 3.23. The molecule has 1 saturated carbocycles. The van der Waals surface area contributed by atoms with Crippen molar-refractivity contribution in [3.8, 4) is 0 Å². The van der Waals surface area contributed by atoms with Crippen LogP contribution in [0.3, 0.4) is 0 Å². The van der Waals surface area contributed by atoms with Gasteiger partial charge in [-0.15, -0.1) is 0 Å². The van der Waals surface area contributed by atoms with Gasteiger partial charge in [0.15, 0.2) is 0 Å². The molecule has 0 saturated heterocycles. The van der Waals surface area contributed by atoms with Crippen LogP contribution >= 0.6 is 0 Å². The van der Waals surface area contributed by atoms with Crippen molar-refractivity contribution in [3.05, 3.63) is 0 Å². The molecule has 0 radical (unpaired) electrons. The van der Waals surface area contributed by atoms with E-state index in [2.05, 4.69) is 32.8 Å². The van der Waals surface area contributed by atoms with Crippen molar-refractivity contribution >= 4 is 5.97 Å². The Bertz CT molecular complexity index is 265. The Kier molecular flexibility index (Phi) is 4.99. The summed E-state index contributed by atoms with van der Waals surface area (Å²) in [5, 5.41) is 0. The minimum atomic E-state index is -0.0531. The molecule has 0 spiro atoms. The van der Waals surface area contributed by atoms with Gasteiger partial charge in [0.1, 0.15) is 0 Å². The lowest BCUT2D eigenvalue weighted by Gasteiger charge is -2.48. The van der Waals surface area contributed by atoms with Crippen LogP contribution in [0.15, 0.2) is 0 Å². The molecule has 3 unspecified atom stereocenters. The number of carbonyl (C=O) groups is 1. The van der Waals surface area contributed by atoms with E-state index in [0.29, 0.717) is 18.9 Å². The number of rotatable bonds is 4. The minimum absolute atomic E-state index is 0.00123. The largest absolute Gasteiger partial charge is 0.466 e. The van der Waals surface area contributed by atoms with Crippen LogP contribution in [-0.2, 0) is 9.53 Å². The summed E-state index contributed by atoms with van der Waals surface area (Å²) in [7, 11) is 4.18. The van der Waals surface area contributed by atoms with Crippen molar-refractivity contribution < 1.29 is 9.53 Å². The van der Waals surface area contributed by atoms with E-state index in [1.54, 1.807) is 0 Å². The maximum Gasteiger partial charge on any atom is 0.307 e. The van der Waals surface area contributed by atoms with Crippen LogP contribution in [0.25, 0.3) is 0 Å². The third-order valence-electron chi connectivity index (χ3n) is 4.39. The highest BCUT2D eigenvalue weighted by atomic mass is 16.5. The fourth-order valence-corrected chi connectivity index (χ4v) is 3.23. The lowest BCUT2D eigenvalue weighted by molar-refractivity contribution is -0.148. The van der Waals surface area contributed by atoms with Crippen molar-refractivity contribution in [3.63, 3.8) is 0 Å². The highest BCUT2D eigenvalue weighted by Crippen LogP contribution is 2.42. The van der Waals surface area contributed by atoms with E-state index < -0.39 is 0 Å². The quantitative estimate of drug-likeness (QED) is 0.709. The molecular weight excluding hydrogens is 214 g/mol. The third kappa shape index (κ3) is 3.21. The summed E-state index contributed by atoms with van der Waals surface area (Å²) >= 11 is 0. The lowest BCUT2D eigenvalue weighted by atomic mass is 9.67. The van der Waals surface area contributed by atoms with Gasteiger partial charge >= 0.3 is 5.97 Å². The second-order valence-electron chi connectivity index (χ2n) is 5.76. The van der Waals surface area contributed by atoms with Crippen LogP contribution in [0.1, 0.15) is 46.5 Å². The van der Waals surface area contributed by atoms with Gasteiger partial charge in [-0.25, -0.2) is 0 Å². The van der Waals surface area contributed by atoms with Crippen LogP contribution in [-0.4, -0.2) is 37.1 Å². The molecule has 0 amide bonds. The smallest absolute Gasteiger partial charge is 0.307 e. The molecule has 1 aliphatic carbocycles. The van der Waals surface area contributed by atoms with E-state index in [4.69, 9.17) is 4.74 Å². The monoisotopic (exact) mass is 241 g/mol. The number of ether oxygens (including phenoxy) is 1. The molecule has 0 bridgehead atoms. The number of nitrogens with zero attached hydrogens (tertiary/aromatic N) is 1. The van der Waals surface area contributed by atoms with Gasteiger partial charge in [-0.2, -0.15) is 0 Å². The summed E-state index contributed by atoms with van der Waals surface area (Å²) in [4.78, 5) is 14.0. The summed E-state index contributed by atoms with van der Waals surface area (Å²) < 4.78 is 5.13. The maximum atomic E-state index is 11.8. The first-order valence-electron chi connectivity index (χ1n) is 6.75. The fraction of sp³-hybridized carbons (Fsp3) is 0.929. The molecule has 0 aromatic heterocycles. The van der Waals surface area contributed by atoms with Crippen molar-refractivity contribution in [2.24, 2.45) is 11.8 Å². The number of hydrogen-bond acceptors (Lipinski definition) is 3. The number of carbonyl (C=O) groups excluding carboxylic acids is 1. The lowest BCUT2D eigenvalue weighted by Crippen LogP contribution is -2.53. The van der Waals surface area contributed by atoms with E-state index in [9.17, 15) is 4.79 Å². The zero-order chi connectivity index (χ0) is 13.1. The number of esters is 1. The average Bonchev–Trinajstić information content (AvgIpc) is 2.22. The molecule has 0 aliphatic heterocycles. The molecular formula is C14H27NO2. The molecule has 3 atom stereocenters. The second-order valence-corrected chi connectivity index (χ2v) is 5.76. The first kappa shape index (κ1) is 14.5. The predicted molar refractivity (Wildman–Crippen MR) is 69.8 cm³/mol. The van der Waals surface area contributed by atoms with E-state index in [1.165, 1.54) is 12.8 Å². The van der Waals surface area contributed by atoms with Gasteiger partial charge in [0, 0.05) is 5.54 Å². The van der Waals surface area contributed by atoms with Crippen molar-refractivity contribution in [1.82, 2.24) is 4.90 Å². The zero-order valence-corrected chi connectivity index (χ0v) is 12.0. The van der Waals surface area contributed by atoms with Crippen LogP contribution in [0.4, 0.5) is 0 Å². The van der Waals surface area contributed by atoms with Crippen molar-refractivity contribution in [1.29, 1.82) is 0 Å². The van der Waals surface area contributed by atoms with Crippen LogP contribution < -0.4 is 0 Å². The SMILES string of the molecule is CCOC(=O)CC1(N(C)C)CCC(C)CC1C. The maximum absolute atomic E-state index is 11.8. The van der Waals surface area contributed by atoms with Crippen molar-refractivity contribution in [2.75, 3.05) is 20.7 Å². The normalized spacial score (nSPS) is 33.8. The molecule has 1 fully saturated rings. The Morgan fingerprint density at radius 2 is 2.06 bits per heavy atom. The summed E-state index contributed by atoms with van der Waals surface area (Å²) in [5.41, 5.74) is -0.00123.